The summed E-state index contributed by atoms with van der Waals surface area (Å²) in [4.78, 5) is 47.1. The van der Waals surface area contributed by atoms with Crippen molar-refractivity contribution in [2.24, 2.45) is 5.92 Å². The number of fused-ring (bicyclic) bond motifs is 1. The number of hydrogen-bond donors (Lipinski definition) is 5. The topological polar surface area (TPSA) is 180 Å². The number of aromatic nitrogens is 4. The lowest BCUT2D eigenvalue weighted by Crippen LogP contribution is -2.16. The summed E-state index contributed by atoms with van der Waals surface area (Å²) in [5.74, 6) is 0.885. The average molecular weight is 418 g/mol. The Balaban J connectivity index is 0.000000420. The molecule has 0 aliphatic carbocycles. The Bertz CT molecular complexity index is 831. The second-order valence-electron chi connectivity index (χ2n) is 6.46. The fraction of sp³-hybridized carbons (Fsp3) is 0.600. The van der Waals surface area contributed by atoms with E-state index in [1.165, 1.54) is 6.33 Å². The molecule has 2 aromatic heterocycles. The van der Waals surface area contributed by atoms with Gasteiger partial charge in [-0.2, -0.15) is 4.98 Å². The lowest BCUT2D eigenvalue weighted by atomic mass is 10.2. The number of rotatable bonds is 4. The molecule has 0 aromatic carbocycles. The minimum atomic E-state index is -2.87. The van der Waals surface area contributed by atoms with Crippen LogP contribution in [0.15, 0.2) is 11.1 Å². The van der Waals surface area contributed by atoms with Crippen molar-refractivity contribution >= 4 is 31.8 Å². The zero-order valence-corrected chi connectivity index (χ0v) is 16.7. The van der Waals surface area contributed by atoms with Crippen LogP contribution in [0, 0.1) is 5.92 Å². The van der Waals surface area contributed by atoms with Gasteiger partial charge in [-0.25, -0.2) is 4.98 Å². The molecule has 3 rings (SSSR count). The summed E-state index contributed by atoms with van der Waals surface area (Å²) in [6, 6.07) is 0. The maximum atomic E-state index is 11.8. The summed E-state index contributed by atoms with van der Waals surface area (Å²) in [7, 11) is -2.87. The van der Waals surface area contributed by atoms with Gasteiger partial charge < -0.3 is 9.84 Å². The Morgan fingerprint density at radius 3 is 2.54 bits per heavy atom. The van der Waals surface area contributed by atoms with E-state index in [9.17, 15) is 9.59 Å². The Morgan fingerprint density at radius 1 is 1.43 bits per heavy atom. The second kappa shape index (κ2) is 11.6. The number of H-pyrrole nitrogens is 1. The van der Waals surface area contributed by atoms with Crippen LogP contribution in [0.5, 0.6) is 0 Å². The van der Waals surface area contributed by atoms with Crippen LogP contribution in [0.2, 0.25) is 0 Å². The van der Waals surface area contributed by atoms with E-state index >= 15 is 0 Å². The molecule has 2 aromatic rings. The highest BCUT2D eigenvalue weighted by Crippen LogP contribution is 2.29. The SMILES string of the molecule is CC(C)C.O=CNc1nc2c(ncn2C2CCC(CO)O2)c(=O)[nH]1.O=[P+](O)O. The number of carbonyl (C=O) groups is 1. The first-order chi connectivity index (χ1) is 13.2. The van der Waals surface area contributed by atoms with E-state index in [1.807, 2.05) is 0 Å². The summed E-state index contributed by atoms with van der Waals surface area (Å²) >= 11 is 0. The number of anilines is 1. The number of aliphatic hydroxyl groups is 1. The van der Waals surface area contributed by atoms with Gasteiger partial charge in [0, 0.05) is 4.57 Å². The van der Waals surface area contributed by atoms with Crippen molar-refractivity contribution in [1.29, 1.82) is 0 Å². The van der Waals surface area contributed by atoms with Crippen LogP contribution in [0.1, 0.15) is 39.8 Å². The van der Waals surface area contributed by atoms with Crippen LogP contribution in [-0.2, 0) is 14.1 Å². The molecule has 3 heterocycles. The van der Waals surface area contributed by atoms with E-state index < -0.39 is 13.8 Å². The van der Waals surface area contributed by atoms with Crippen molar-refractivity contribution in [3.05, 3.63) is 16.7 Å². The minimum Gasteiger partial charge on any atom is -0.394 e. The summed E-state index contributed by atoms with van der Waals surface area (Å²) in [5.41, 5.74) is 0.0778. The van der Waals surface area contributed by atoms with Crippen molar-refractivity contribution in [2.75, 3.05) is 11.9 Å². The quantitative estimate of drug-likeness (QED) is 0.352. The molecule has 28 heavy (non-hydrogen) atoms. The van der Waals surface area contributed by atoms with E-state index in [0.29, 0.717) is 18.5 Å². The first kappa shape index (κ1) is 23.8. The van der Waals surface area contributed by atoms with Gasteiger partial charge in [-0.15, -0.1) is 9.79 Å². The molecule has 1 saturated heterocycles. The Labute approximate surface area is 161 Å². The number of aromatic amines is 1. The van der Waals surface area contributed by atoms with Gasteiger partial charge in [-0.05, 0) is 18.8 Å². The minimum absolute atomic E-state index is 0.0465. The zero-order valence-electron chi connectivity index (χ0n) is 15.8. The van der Waals surface area contributed by atoms with Gasteiger partial charge in [0.05, 0.1) is 19.0 Å². The highest BCUT2D eigenvalue weighted by atomic mass is 31.1. The lowest BCUT2D eigenvalue weighted by Gasteiger charge is -2.13. The molecule has 13 heteroatoms. The molecule has 0 bridgehead atoms. The van der Waals surface area contributed by atoms with Crippen molar-refractivity contribution < 1.29 is 29.0 Å². The number of carbonyl (C=O) groups excluding carboxylic acids is 1. The number of nitrogens with one attached hydrogen (secondary N) is 2. The number of amides is 1. The third-order valence-electron chi connectivity index (χ3n) is 3.23. The molecule has 1 amide bonds. The fourth-order valence-corrected chi connectivity index (χ4v) is 2.29. The van der Waals surface area contributed by atoms with E-state index in [0.717, 1.165) is 12.3 Å². The van der Waals surface area contributed by atoms with Crippen LogP contribution in [0.4, 0.5) is 5.95 Å². The fourth-order valence-electron chi connectivity index (χ4n) is 2.29. The van der Waals surface area contributed by atoms with E-state index in [1.54, 1.807) is 4.57 Å². The maximum absolute atomic E-state index is 11.8. The Hall–Kier alpha value is -2.24. The lowest BCUT2D eigenvalue weighted by molar-refractivity contribution is -0.105. The summed E-state index contributed by atoms with van der Waals surface area (Å²) < 4.78 is 16.0. The highest BCUT2D eigenvalue weighted by Gasteiger charge is 2.27. The molecule has 5 N–H and O–H groups in total. The van der Waals surface area contributed by atoms with Gasteiger partial charge in [0.1, 0.15) is 6.23 Å². The van der Waals surface area contributed by atoms with E-state index in [2.05, 4.69) is 41.0 Å². The van der Waals surface area contributed by atoms with Gasteiger partial charge >= 0.3 is 8.25 Å². The summed E-state index contributed by atoms with van der Waals surface area (Å²) in [5, 5.41) is 11.4. The highest BCUT2D eigenvalue weighted by molar-refractivity contribution is 7.30. The van der Waals surface area contributed by atoms with Crippen molar-refractivity contribution in [2.45, 2.75) is 45.9 Å². The third-order valence-corrected chi connectivity index (χ3v) is 3.23. The predicted octanol–water partition coefficient (Wildman–Crippen LogP) is 0.648. The van der Waals surface area contributed by atoms with Crippen LogP contribution < -0.4 is 10.9 Å². The molecule has 2 atom stereocenters. The number of aliphatic hydroxyl groups excluding tert-OH is 1. The molecule has 1 aliphatic heterocycles. The van der Waals surface area contributed by atoms with Crippen LogP contribution in [0.25, 0.3) is 11.2 Å². The molecule has 156 valence electrons. The van der Waals surface area contributed by atoms with Gasteiger partial charge in [0.2, 0.25) is 12.4 Å². The average Bonchev–Trinajstić information content (AvgIpc) is 3.20. The van der Waals surface area contributed by atoms with Crippen LogP contribution in [0.3, 0.4) is 0 Å². The Kier molecular flexibility index (Phi) is 9.83. The molecular weight excluding hydrogens is 393 g/mol. The first-order valence-corrected chi connectivity index (χ1v) is 9.64. The van der Waals surface area contributed by atoms with E-state index in [4.69, 9.17) is 24.2 Å². The molecule has 0 spiro atoms. The van der Waals surface area contributed by atoms with Gasteiger partial charge in [0.15, 0.2) is 11.2 Å². The predicted molar refractivity (Wildman–Crippen MR) is 101 cm³/mol. The summed E-state index contributed by atoms with van der Waals surface area (Å²) in [6.07, 6.45) is 2.79. The van der Waals surface area contributed by atoms with Crippen molar-refractivity contribution in [1.82, 2.24) is 19.5 Å². The zero-order chi connectivity index (χ0) is 21.3. The monoisotopic (exact) mass is 418 g/mol. The number of imidazole rings is 1. The number of nitrogens with zero attached hydrogens (tertiary/aromatic N) is 3. The van der Waals surface area contributed by atoms with Crippen molar-refractivity contribution in [3.8, 4) is 0 Å². The van der Waals surface area contributed by atoms with Crippen LogP contribution in [-0.4, -0.2) is 53.5 Å². The second-order valence-corrected chi connectivity index (χ2v) is 6.96. The van der Waals surface area contributed by atoms with Gasteiger partial charge in [-0.1, -0.05) is 20.8 Å². The first-order valence-electron chi connectivity index (χ1n) is 8.47. The van der Waals surface area contributed by atoms with Crippen molar-refractivity contribution in [3.63, 3.8) is 0 Å². The molecule has 1 aliphatic rings. The molecule has 0 radical (unpaired) electrons. The van der Waals surface area contributed by atoms with Crippen LogP contribution >= 0.6 is 8.25 Å². The molecule has 2 unspecified atom stereocenters. The molecule has 0 saturated carbocycles. The largest absolute Gasteiger partial charge is 0.692 e. The maximum Gasteiger partial charge on any atom is 0.692 e. The number of ether oxygens (including phenoxy) is 1. The molecule has 12 nitrogen and oxygen atoms in total. The number of hydrogen-bond acceptors (Lipinski definition) is 7. The summed E-state index contributed by atoms with van der Waals surface area (Å²) in [6.45, 7) is 6.45. The third kappa shape index (κ3) is 7.41. The Morgan fingerprint density at radius 2 is 2.04 bits per heavy atom. The smallest absolute Gasteiger partial charge is 0.394 e. The van der Waals surface area contributed by atoms with E-state index in [-0.39, 0.29) is 30.4 Å². The van der Waals surface area contributed by atoms with Gasteiger partial charge in [0.25, 0.3) is 5.56 Å². The molecule has 1 fully saturated rings. The standard InChI is InChI=1S/C11H13N5O4.C4H10.HO3P/c17-3-6-1-2-7(20-6)16-4-12-8-9(16)14-11(13-5-18)15-10(8)19;2*1-4(2)3/h4-7,17H,1-3H2,(H2,13,14,15,18,19);4H,1-3H3;(H-,1,2,3)/p+1. The van der Waals surface area contributed by atoms with Gasteiger partial charge in [-0.3, -0.25) is 24.5 Å². The molecular formula is C15H25N5O7P+. The normalized spacial score (nSPS) is 18.1.